The van der Waals surface area contributed by atoms with Crippen LogP contribution in [0.15, 0.2) is 79.1 Å². The van der Waals surface area contributed by atoms with Gasteiger partial charge < -0.3 is 10.4 Å². The van der Waals surface area contributed by atoms with Gasteiger partial charge in [0.25, 0.3) is 5.91 Å². The van der Waals surface area contributed by atoms with E-state index < -0.39 is 24.1 Å². The van der Waals surface area contributed by atoms with Gasteiger partial charge in [-0.1, -0.05) is 67.8 Å². The van der Waals surface area contributed by atoms with E-state index in [2.05, 4.69) is 10.3 Å². The van der Waals surface area contributed by atoms with Gasteiger partial charge in [0.1, 0.15) is 12.1 Å². The minimum atomic E-state index is -0.992. The second kappa shape index (κ2) is 12.1. The van der Waals surface area contributed by atoms with Crippen LogP contribution >= 0.6 is 0 Å². The fourth-order valence-corrected chi connectivity index (χ4v) is 5.65. The third-order valence-electron chi connectivity index (χ3n) is 7.64. The molecule has 200 valence electrons. The van der Waals surface area contributed by atoms with Crippen molar-refractivity contribution in [2.75, 3.05) is 11.4 Å². The molecule has 0 bridgehead atoms. The first kappa shape index (κ1) is 26.4. The van der Waals surface area contributed by atoms with Crippen molar-refractivity contribution in [2.45, 2.75) is 62.8 Å². The molecule has 5 rings (SSSR count). The van der Waals surface area contributed by atoms with Crippen LogP contribution in [0.3, 0.4) is 0 Å². The van der Waals surface area contributed by atoms with Crippen LogP contribution in [0.5, 0.6) is 0 Å². The summed E-state index contributed by atoms with van der Waals surface area (Å²) in [5, 5.41) is 23.2. The Balaban J connectivity index is 1.56. The number of likely N-dealkylation sites (tertiary alicyclic amines) is 1. The molecule has 39 heavy (non-hydrogen) atoms. The molecule has 1 saturated heterocycles. The van der Waals surface area contributed by atoms with E-state index in [9.17, 15) is 20.0 Å². The number of amides is 2. The lowest BCUT2D eigenvalue weighted by Crippen LogP contribution is -2.51. The largest absolute Gasteiger partial charge is 0.391 e. The summed E-state index contributed by atoms with van der Waals surface area (Å²) in [6.07, 6.45) is 9.69. The van der Waals surface area contributed by atoms with Gasteiger partial charge in [0.05, 0.1) is 12.6 Å². The Morgan fingerprint density at radius 3 is 2.38 bits per heavy atom. The summed E-state index contributed by atoms with van der Waals surface area (Å²) in [6, 6.07) is 19.2. The highest BCUT2D eigenvalue weighted by Crippen LogP contribution is 2.33. The standard InChI is InChI=1S/C31H33N5O3/c32-21-35-20-27(37)18-28(35)31(39)36(26-15-13-23(14-16-26)22-8-3-1-4-9-22)29(24-10-7-17-33-19-24)30(38)34-25-11-5-2-6-12-25/h1,3-4,7-10,13-17,19,25,27-29,37H,2,5-6,11-12,18,20H2,(H,34,38)/t27-,28-,29-/m1/s1. The van der Waals surface area contributed by atoms with E-state index in [1.165, 1.54) is 9.80 Å². The van der Waals surface area contributed by atoms with Crippen molar-refractivity contribution >= 4 is 17.5 Å². The monoisotopic (exact) mass is 523 g/mol. The number of anilines is 1. The highest BCUT2D eigenvalue weighted by Gasteiger charge is 2.43. The number of aliphatic hydroxyl groups excluding tert-OH is 1. The number of hydrogen-bond acceptors (Lipinski definition) is 6. The Kier molecular flexibility index (Phi) is 8.18. The maximum absolute atomic E-state index is 14.2. The topological polar surface area (TPSA) is 110 Å². The predicted molar refractivity (Wildman–Crippen MR) is 148 cm³/mol. The summed E-state index contributed by atoms with van der Waals surface area (Å²) >= 11 is 0. The number of hydrogen-bond donors (Lipinski definition) is 2. The fourth-order valence-electron chi connectivity index (χ4n) is 5.65. The molecule has 1 aliphatic carbocycles. The van der Waals surface area contributed by atoms with Gasteiger partial charge in [-0.15, -0.1) is 0 Å². The molecular weight excluding hydrogens is 490 g/mol. The number of aliphatic hydroxyl groups is 1. The number of nitriles is 1. The van der Waals surface area contributed by atoms with Crippen molar-refractivity contribution in [1.29, 1.82) is 5.26 Å². The van der Waals surface area contributed by atoms with E-state index in [1.54, 1.807) is 24.5 Å². The molecule has 2 aromatic carbocycles. The zero-order valence-corrected chi connectivity index (χ0v) is 21.8. The van der Waals surface area contributed by atoms with Crippen LogP contribution < -0.4 is 10.2 Å². The SMILES string of the molecule is N#CN1C[C@H](O)C[C@@H]1C(=O)N(c1ccc(-c2ccccc2)cc1)[C@@H](C(=O)NC1CCCCC1)c1cccnc1. The number of nitrogens with zero attached hydrogens (tertiary/aromatic N) is 4. The smallest absolute Gasteiger partial charge is 0.251 e. The first-order valence-electron chi connectivity index (χ1n) is 13.6. The Morgan fingerprint density at radius 2 is 1.72 bits per heavy atom. The van der Waals surface area contributed by atoms with Crippen LogP contribution in [0.4, 0.5) is 5.69 Å². The minimum Gasteiger partial charge on any atom is -0.391 e. The molecule has 2 heterocycles. The number of rotatable bonds is 7. The van der Waals surface area contributed by atoms with E-state index in [-0.39, 0.29) is 24.9 Å². The lowest BCUT2D eigenvalue weighted by molar-refractivity contribution is -0.128. The van der Waals surface area contributed by atoms with Crippen LogP contribution in [0.1, 0.15) is 50.1 Å². The number of nitrogens with one attached hydrogen (secondary N) is 1. The molecule has 1 saturated carbocycles. The van der Waals surface area contributed by atoms with Crippen molar-refractivity contribution in [3.8, 4) is 17.3 Å². The third kappa shape index (κ3) is 5.94. The molecule has 8 heteroatoms. The molecule has 1 aliphatic heterocycles. The van der Waals surface area contributed by atoms with Gasteiger partial charge in [-0.05, 0) is 42.2 Å². The normalized spacial score (nSPS) is 20.2. The summed E-state index contributed by atoms with van der Waals surface area (Å²) < 4.78 is 0. The average Bonchev–Trinajstić information content (AvgIpc) is 3.37. The molecule has 2 fully saturated rings. The second-order valence-electron chi connectivity index (χ2n) is 10.3. The molecule has 3 aromatic rings. The van der Waals surface area contributed by atoms with Crippen molar-refractivity contribution in [3.05, 3.63) is 84.7 Å². The van der Waals surface area contributed by atoms with E-state index in [1.807, 2.05) is 60.8 Å². The van der Waals surface area contributed by atoms with Crippen LogP contribution in [0.25, 0.3) is 11.1 Å². The lowest BCUT2D eigenvalue weighted by Gasteiger charge is -2.35. The minimum absolute atomic E-state index is 0.0479. The second-order valence-corrected chi connectivity index (χ2v) is 10.3. The number of carbonyl (C=O) groups is 2. The van der Waals surface area contributed by atoms with Crippen LogP contribution in [0.2, 0.25) is 0 Å². The summed E-state index contributed by atoms with van der Waals surface area (Å²) in [5.41, 5.74) is 3.13. The summed E-state index contributed by atoms with van der Waals surface area (Å²) in [4.78, 5) is 35.3. The van der Waals surface area contributed by atoms with E-state index in [4.69, 9.17) is 0 Å². The molecule has 0 unspecified atom stereocenters. The molecule has 2 aliphatic rings. The number of benzene rings is 2. The Morgan fingerprint density at radius 1 is 1.00 bits per heavy atom. The average molecular weight is 524 g/mol. The highest BCUT2D eigenvalue weighted by molar-refractivity contribution is 6.04. The van der Waals surface area contributed by atoms with Crippen molar-refractivity contribution in [2.24, 2.45) is 0 Å². The number of pyridine rings is 1. The zero-order chi connectivity index (χ0) is 27.2. The van der Waals surface area contributed by atoms with Gasteiger partial charge in [-0.3, -0.25) is 24.4 Å². The van der Waals surface area contributed by atoms with Gasteiger partial charge in [0, 0.05) is 36.1 Å². The van der Waals surface area contributed by atoms with Crippen molar-refractivity contribution in [1.82, 2.24) is 15.2 Å². The maximum Gasteiger partial charge on any atom is 0.251 e. The summed E-state index contributed by atoms with van der Waals surface area (Å²) in [6.45, 7) is 0.0829. The Bertz CT molecular complexity index is 1300. The quantitative estimate of drug-likeness (QED) is 0.450. The number of aromatic nitrogens is 1. The molecule has 2 amide bonds. The van der Waals surface area contributed by atoms with Gasteiger partial charge in [-0.2, -0.15) is 5.26 Å². The van der Waals surface area contributed by atoms with E-state index >= 15 is 0 Å². The van der Waals surface area contributed by atoms with Crippen molar-refractivity contribution < 1.29 is 14.7 Å². The maximum atomic E-state index is 14.2. The Hall–Kier alpha value is -4.22. The van der Waals surface area contributed by atoms with Crippen LogP contribution in [-0.2, 0) is 9.59 Å². The van der Waals surface area contributed by atoms with Crippen LogP contribution in [0, 0.1) is 11.5 Å². The van der Waals surface area contributed by atoms with Gasteiger partial charge >= 0.3 is 0 Å². The first-order chi connectivity index (χ1) is 19.0. The summed E-state index contributed by atoms with van der Waals surface area (Å²) in [7, 11) is 0. The molecule has 1 aromatic heterocycles. The third-order valence-corrected chi connectivity index (χ3v) is 7.64. The fraction of sp³-hybridized carbons (Fsp3) is 0.355. The Labute approximate surface area is 228 Å². The molecular formula is C31H33N5O3. The van der Waals surface area contributed by atoms with Crippen LogP contribution in [-0.4, -0.2) is 51.5 Å². The molecule has 0 radical (unpaired) electrons. The van der Waals surface area contributed by atoms with Gasteiger partial charge in [-0.25, -0.2) is 0 Å². The van der Waals surface area contributed by atoms with Gasteiger partial charge in [0.15, 0.2) is 6.19 Å². The van der Waals surface area contributed by atoms with E-state index in [0.29, 0.717) is 11.3 Å². The molecule has 8 nitrogen and oxygen atoms in total. The molecule has 3 atom stereocenters. The number of carbonyl (C=O) groups excluding carboxylic acids is 2. The predicted octanol–water partition coefficient (Wildman–Crippen LogP) is 4.19. The molecule has 2 N–H and O–H groups in total. The molecule has 0 spiro atoms. The summed E-state index contributed by atoms with van der Waals surface area (Å²) in [5.74, 6) is -0.689. The zero-order valence-electron chi connectivity index (χ0n) is 21.8. The highest BCUT2D eigenvalue weighted by atomic mass is 16.3. The van der Waals surface area contributed by atoms with E-state index in [0.717, 1.165) is 43.2 Å². The van der Waals surface area contributed by atoms with Crippen molar-refractivity contribution in [3.63, 3.8) is 0 Å². The number of β-amino-alcohol motifs (C(OH)–C–C–N with tert-alkyl or cyclic N) is 1. The van der Waals surface area contributed by atoms with Gasteiger partial charge in [0.2, 0.25) is 5.91 Å². The lowest BCUT2D eigenvalue weighted by atomic mass is 9.94. The first-order valence-corrected chi connectivity index (χ1v) is 13.6.